The van der Waals surface area contributed by atoms with Gasteiger partial charge in [-0.25, -0.2) is 13.6 Å². The molecule has 5 nitrogen and oxygen atoms in total. The fourth-order valence-corrected chi connectivity index (χ4v) is 4.10. The van der Waals surface area contributed by atoms with Gasteiger partial charge in [-0.2, -0.15) is 0 Å². The maximum Gasteiger partial charge on any atom is 0.326 e. The fraction of sp³-hybridized carbons (Fsp3) is 0.0370. The number of carbonyl (C=O) groups excluding carboxylic acids is 2. The summed E-state index contributed by atoms with van der Waals surface area (Å²) in [6, 6.07) is 22.2. The Labute approximate surface area is 215 Å². The molecule has 0 aromatic heterocycles. The molecule has 0 aliphatic carbocycles. The van der Waals surface area contributed by atoms with E-state index in [9.17, 15) is 18.4 Å². The number of ether oxygens (including phenoxy) is 1. The van der Waals surface area contributed by atoms with Crippen molar-refractivity contribution in [1.29, 1.82) is 0 Å². The van der Waals surface area contributed by atoms with E-state index in [0.29, 0.717) is 0 Å². The first-order chi connectivity index (χ1) is 17.3. The lowest BCUT2D eigenvalue weighted by Gasteiger charge is -2.15. The van der Waals surface area contributed by atoms with E-state index in [1.54, 1.807) is 0 Å². The minimum absolute atomic E-state index is 0.112. The summed E-state index contributed by atoms with van der Waals surface area (Å²) < 4.78 is 33.4. The number of carbonyl (C=O) groups is 2. The summed E-state index contributed by atoms with van der Waals surface area (Å²) in [7, 11) is 0. The van der Waals surface area contributed by atoms with Crippen LogP contribution in [0.5, 0.6) is 5.75 Å². The number of hydrogen-bond donors (Lipinski definition) is 2. The van der Waals surface area contributed by atoms with Crippen LogP contribution in [0, 0.1) is 11.6 Å². The summed E-state index contributed by atoms with van der Waals surface area (Å²) in [6.45, 7) is 0.181. The van der Waals surface area contributed by atoms with Crippen molar-refractivity contribution in [1.82, 2.24) is 5.32 Å². The molecule has 0 aliphatic heterocycles. The minimum atomic E-state index is -1.24. The van der Waals surface area contributed by atoms with Crippen molar-refractivity contribution in [2.45, 2.75) is 6.61 Å². The van der Waals surface area contributed by atoms with E-state index in [1.807, 2.05) is 59.9 Å². The van der Waals surface area contributed by atoms with Crippen molar-refractivity contribution in [2.75, 3.05) is 5.32 Å². The third-order valence-corrected chi connectivity index (χ3v) is 5.71. The highest BCUT2D eigenvalue weighted by Crippen LogP contribution is 2.37. The molecular weight excluding hydrogens is 509 g/mol. The molecule has 4 aromatic rings. The number of amides is 3. The first-order valence-corrected chi connectivity index (χ1v) is 11.4. The Bertz CT molecular complexity index is 1390. The quantitative estimate of drug-likeness (QED) is 0.273. The zero-order valence-electron chi connectivity index (χ0n) is 18.5. The first kappa shape index (κ1) is 25.2. The second-order valence-corrected chi connectivity index (χ2v) is 8.40. The van der Waals surface area contributed by atoms with E-state index in [0.717, 1.165) is 34.9 Å². The van der Waals surface area contributed by atoms with Crippen LogP contribution < -0.4 is 15.4 Å². The van der Waals surface area contributed by atoms with Gasteiger partial charge in [0.15, 0.2) is 5.75 Å². The molecule has 0 saturated carbocycles. The number of nitrogens with one attached hydrogen (secondary N) is 2. The van der Waals surface area contributed by atoms with Gasteiger partial charge in [0.05, 0.1) is 10.0 Å². The molecule has 0 heterocycles. The van der Waals surface area contributed by atoms with Gasteiger partial charge in [0.25, 0.3) is 5.91 Å². The highest BCUT2D eigenvalue weighted by molar-refractivity contribution is 6.37. The Balaban J connectivity index is 1.45. The molecule has 2 N–H and O–H groups in total. The predicted molar refractivity (Wildman–Crippen MR) is 136 cm³/mol. The molecule has 0 saturated heterocycles. The highest BCUT2D eigenvalue weighted by atomic mass is 35.5. The Morgan fingerprint density at radius 3 is 2.08 bits per heavy atom. The molecule has 4 rings (SSSR count). The number of benzene rings is 4. The van der Waals surface area contributed by atoms with Crippen LogP contribution in [0.25, 0.3) is 11.1 Å². The average Bonchev–Trinajstić information content (AvgIpc) is 2.84. The molecule has 0 aliphatic rings. The standard InChI is InChI=1S/C27H18Cl2F2N2O3/c28-20-13-18(32-27(35)33-26(34)24-22(30)11-6-12-23(24)31)14-21(29)25(20)36-15-17-9-4-5-10-19(17)16-7-2-1-3-8-16/h1-14H,15H2,(H2,32,33,34,35). The largest absolute Gasteiger partial charge is 0.486 e. The number of anilines is 1. The average molecular weight is 527 g/mol. The molecule has 36 heavy (non-hydrogen) atoms. The van der Waals surface area contributed by atoms with Crippen LogP contribution in [0.2, 0.25) is 10.0 Å². The Morgan fingerprint density at radius 2 is 1.42 bits per heavy atom. The van der Waals surface area contributed by atoms with Crippen LogP contribution in [0.15, 0.2) is 84.9 Å². The SMILES string of the molecule is O=C(NC(=O)c1c(F)cccc1F)Nc1cc(Cl)c(OCc2ccccc2-c2ccccc2)c(Cl)c1. The molecule has 0 fully saturated rings. The molecule has 9 heteroatoms. The molecule has 4 aromatic carbocycles. The van der Waals surface area contributed by atoms with Gasteiger partial charge in [0.2, 0.25) is 0 Å². The lowest BCUT2D eigenvalue weighted by molar-refractivity contribution is 0.0959. The van der Waals surface area contributed by atoms with Gasteiger partial charge < -0.3 is 10.1 Å². The van der Waals surface area contributed by atoms with Crippen LogP contribution in [-0.2, 0) is 6.61 Å². The van der Waals surface area contributed by atoms with Gasteiger partial charge in [-0.05, 0) is 41.0 Å². The normalized spacial score (nSPS) is 10.6. The summed E-state index contributed by atoms with van der Waals surface area (Å²) >= 11 is 12.7. The van der Waals surface area contributed by atoms with Gasteiger partial charge in [0, 0.05) is 5.69 Å². The maximum atomic E-state index is 13.8. The number of urea groups is 1. The Hall–Kier alpha value is -3.94. The lowest BCUT2D eigenvalue weighted by atomic mass is 10.0. The van der Waals surface area contributed by atoms with E-state index in [2.05, 4.69) is 5.32 Å². The monoisotopic (exact) mass is 526 g/mol. The van der Waals surface area contributed by atoms with E-state index in [4.69, 9.17) is 27.9 Å². The number of halogens is 4. The summed E-state index contributed by atoms with van der Waals surface area (Å²) in [5.41, 5.74) is 2.21. The third kappa shape index (κ3) is 5.82. The fourth-order valence-electron chi connectivity index (χ4n) is 3.51. The minimum Gasteiger partial charge on any atom is -0.486 e. The van der Waals surface area contributed by atoms with Crippen LogP contribution in [0.4, 0.5) is 19.3 Å². The predicted octanol–water partition coefficient (Wildman–Crippen LogP) is 7.48. The van der Waals surface area contributed by atoms with Crippen LogP contribution >= 0.6 is 23.2 Å². The van der Waals surface area contributed by atoms with Crippen molar-refractivity contribution < 1.29 is 23.1 Å². The van der Waals surface area contributed by atoms with E-state index < -0.39 is 29.1 Å². The second-order valence-electron chi connectivity index (χ2n) is 7.59. The molecule has 0 bridgehead atoms. The van der Waals surface area contributed by atoms with Gasteiger partial charge in [0.1, 0.15) is 23.8 Å². The third-order valence-electron chi connectivity index (χ3n) is 5.15. The van der Waals surface area contributed by atoms with Crippen molar-refractivity contribution in [2.24, 2.45) is 0 Å². The van der Waals surface area contributed by atoms with E-state index in [-0.39, 0.29) is 28.1 Å². The van der Waals surface area contributed by atoms with Crippen molar-refractivity contribution in [3.8, 4) is 16.9 Å². The van der Waals surface area contributed by atoms with Gasteiger partial charge in [-0.1, -0.05) is 83.9 Å². The maximum absolute atomic E-state index is 13.8. The molecule has 0 unspecified atom stereocenters. The highest BCUT2D eigenvalue weighted by Gasteiger charge is 2.20. The number of rotatable bonds is 6. The molecule has 0 spiro atoms. The smallest absolute Gasteiger partial charge is 0.326 e. The lowest BCUT2D eigenvalue weighted by Crippen LogP contribution is -2.35. The molecule has 0 atom stereocenters. The molecule has 182 valence electrons. The van der Waals surface area contributed by atoms with E-state index in [1.165, 1.54) is 12.1 Å². The molecular formula is C27H18Cl2F2N2O3. The Kier molecular flexibility index (Phi) is 7.83. The molecule has 0 radical (unpaired) electrons. The van der Waals surface area contributed by atoms with Gasteiger partial charge in [-0.3, -0.25) is 10.1 Å². The van der Waals surface area contributed by atoms with Crippen LogP contribution in [0.3, 0.4) is 0 Å². The number of hydrogen-bond acceptors (Lipinski definition) is 3. The summed E-state index contributed by atoms with van der Waals surface area (Å²) in [6.07, 6.45) is 0. The summed E-state index contributed by atoms with van der Waals surface area (Å²) in [5, 5.41) is 4.44. The van der Waals surface area contributed by atoms with Gasteiger partial charge in [-0.15, -0.1) is 0 Å². The van der Waals surface area contributed by atoms with Crippen molar-refractivity contribution in [3.63, 3.8) is 0 Å². The van der Waals surface area contributed by atoms with Crippen molar-refractivity contribution >= 4 is 40.8 Å². The zero-order chi connectivity index (χ0) is 25.7. The van der Waals surface area contributed by atoms with Crippen molar-refractivity contribution in [3.05, 3.63) is 118 Å². The Morgan fingerprint density at radius 1 is 0.806 bits per heavy atom. The number of imide groups is 1. The summed E-state index contributed by atoms with van der Waals surface area (Å²) in [4.78, 5) is 24.3. The van der Waals surface area contributed by atoms with Gasteiger partial charge >= 0.3 is 6.03 Å². The van der Waals surface area contributed by atoms with Crippen LogP contribution in [-0.4, -0.2) is 11.9 Å². The van der Waals surface area contributed by atoms with E-state index >= 15 is 0 Å². The summed E-state index contributed by atoms with van der Waals surface area (Å²) in [5.74, 6) is -3.22. The first-order valence-electron chi connectivity index (χ1n) is 10.6. The topological polar surface area (TPSA) is 67.4 Å². The zero-order valence-corrected chi connectivity index (χ0v) is 20.0. The van der Waals surface area contributed by atoms with Crippen LogP contribution in [0.1, 0.15) is 15.9 Å². The second kappa shape index (κ2) is 11.2. The molecule has 3 amide bonds.